The lowest BCUT2D eigenvalue weighted by molar-refractivity contribution is 0.0347. The van der Waals surface area contributed by atoms with Crippen molar-refractivity contribution < 1.29 is 14.6 Å². The minimum Gasteiger partial charge on any atom is -0.389 e. The lowest BCUT2D eigenvalue weighted by Gasteiger charge is -2.35. The quantitative estimate of drug-likeness (QED) is 0.854. The molecule has 0 radical (unpaired) electrons. The number of β-amino-alcohol motifs (C(OH)–C–C–N with tert-alkyl or cyclic N) is 1. The van der Waals surface area contributed by atoms with Gasteiger partial charge in [-0.05, 0) is 37.4 Å². The van der Waals surface area contributed by atoms with Crippen molar-refractivity contribution in [1.82, 2.24) is 4.90 Å². The van der Waals surface area contributed by atoms with Crippen molar-refractivity contribution in [3.8, 4) is 0 Å². The third-order valence-corrected chi connectivity index (χ3v) is 3.87. The molecule has 0 spiro atoms. The molecule has 1 heterocycles. The fourth-order valence-corrected chi connectivity index (χ4v) is 2.72. The molecule has 2 rings (SSSR count). The molecule has 0 saturated carbocycles. The van der Waals surface area contributed by atoms with E-state index in [4.69, 9.17) is 0 Å². The van der Waals surface area contributed by atoms with Crippen LogP contribution < -0.4 is 0 Å². The summed E-state index contributed by atoms with van der Waals surface area (Å²) in [4.78, 5) is 2.07. The number of halogens is 1. The maximum Gasteiger partial charge on any atom is 0.117 e. The molecule has 1 aromatic rings. The van der Waals surface area contributed by atoms with E-state index in [1.165, 1.54) is 0 Å². The van der Waals surface area contributed by atoms with Crippen molar-refractivity contribution in [3.63, 3.8) is 0 Å². The Morgan fingerprint density at radius 2 is 1.79 bits per heavy atom. The Kier molecular flexibility index (Phi) is 5.31. The number of likely N-dealkylation sites (tertiary alicyclic amines) is 1. The van der Waals surface area contributed by atoms with Gasteiger partial charge >= 0.3 is 0 Å². The summed E-state index contributed by atoms with van der Waals surface area (Å²) in [5.74, 6) is 0.251. The lowest BCUT2D eigenvalue weighted by Crippen LogP contribution is -2.40. The van der Waals surface area contributed by atoms with Gasteiger partial charge in [-0.3, -0.25) is 0 Å². The molecule has 0 aromatic heterocycles. The summed E-state index contributed by atoms with van der Waals surface area (Å²) in [6.07, 6.45) is 0.467. The summed E-state index contributed by atoms with van der Waals surface area (Å²) in [6, 6.07) is 9.71. The number of hydrogen-bond donors (Lipinski definition) is 2. The first-order valence-corrected chi connectivity index (χ1v) is 6.90. The van der Waals surface area contributed by atoms with Crippen LogP contribution in [0.5, 0.6) is 0 Å². The highest BCUT2D eigenvalue weighted by atomic mass is 19.1. The average molecular weight is 267 g/mol. The molecular formula is C15H22FNO2. The van der Waals surface area contributed by atoms with Gasteiger partial charge in [0.25, 0.3) is 0 Å². The van der Waals surface area contributed by atoms with Crippen LogP contribution in [0.1, 0.15) is 24.5 Å². The van der Waals surface area contributed by atoms with Crippen LogP contribution in [0.15, 0.2) is 30.3 Å². The Balaban J connectivity index is 1.83. The zero-order valence-corrected chi connectivity index (χ0v) is 11.1. The highest BCUT2D eigenvalue weighted by Crippen LogP contribution is 2.30. The highest BCUT2D eigenvalue weighted by molar-refractivity contribution is 5.18. The summed E-state index contributed by atoms with van der Waals surface area (Å²) >= 11 is 0. The third kappa shape index (κ3) is 4.00. The number of hydrogen-bond acceptors (Lipinski definition) is 3. The number of nitrogens with zero attached hydrogens (tertiary/aromatic N) is 1. The van der Waals surface area contributed by atoms with Crippen LogP contribution in [0, 0.1) is 5.92 Å². The fraction of sp³-hybridized carbons (Fsp3) is 0.600. The molecular weight excluding hydrogens is 245 g/mol. The standard InChI is InChI=1S/C15H22FNO2/c16-10-14(18)11-17-8-6-13(7-9-17)15(19)12-4-2-1-3-5-12/h1-5,13-15,18-19H,6-11H2. The number of rotatable bonds is 5. The van der Waals surface area contributed by atoms with Gasteiger partial charge < -0.3 is 15.1 Å². The van der Waals surface area contributed by atoms with Gasteiger partial charge in [-0.25, -0.2) is 4.39 Å². The first kappa shape index (κ1) is 14.4. The predicted octanol–water partition coefficient (Wildman–Crippen LogP) is 1.76. The van der Waals surface area contributed by atoms with Gasteiger partial charge in [-0.2, -0.15) is 0 Å². The second kappa shape index (κ2) is 6.98. The van der Waals surface area contributed by atoms with Crippen molar-refractivity contribution in [3.05, 3.63) is 35.9 Å². The Morgan fingerprint density at radius 1 is 1.16 bits per heavy atom. The lowest BCUT2D eigenvalue weighted by atomic mass is 9.87. The second-order valence-electron chi connectivity index (χ2n) is 5.30. The van der Waals surface area contributed by atoms with Crippen LogP contribution in [0.3, 0.4) is 0 Å². The van der Waals surface area contributed by atoms with Gasteiger partial charge in [0.15, 0.2) is 0 Å². The van der Waals surface area contributed by atoms with Crippen molar-refractivity contribution in [1.29, 1.82) is 0 Å². The molecule has 3 nitrogen and oxygen atoms in total. The summed E-state index contributed by atoms with van der Waals surface area (Å²) < 4.78 is 12.3. The fourth-order valence-electron chi connectivity index (χ4n) is 2.72. The maximum atomic E-state index is 12.3. The molecule has 1 saturated heterocycles. The summed E-state index contributed by atoms with van der Waals surface area (Å²) in [5.41, 5.74) is 0.963. The van der Waals surface area contributed by atoms with E-state index in [9.17, 15) is 14.6 Å². The predicted molar refractivity (Wildman–Crippen MR) is 72.5 cm³/mol. The molecule has 106 valence electrons. The second-order valence-corrected chi connectivity index (χ2v) is 5.30. The Labute approximate surface area is 113 Å². The van der Waals surface area contributed by atoms with Crippen molar-refractivity contribution in [2.45, 2.75) is 25.0 Å². The zero-order chi connectivity index (χ0) is 13.7. The van der Waals surface area contributed by atoms with Crippen LogP contribution in [0.2, 0.25) is 0 Å². The molecule has 0 aliphatic carbocycles. The first-order valence-electron chi connectivity index (χ1n) is 6.90. The molecule has 2 unspecified atom stereocenters. The molecule has 1 fully saturated rings. The van der Waals surface area contributed by atoms with Gasteiger partial charge in [-0.15, -0.1) is 0 Å². The molecule has 1 aliphatic rings. The molecule has 0 bridgehead atoms. The summed E-state index contributed by atoms with van der Waals surface area (Å²) in [6.45, 7) is 1.33. The Hall–Kier alpha value is -0.970. The monoisotopic (exact) mass is 267 g/mol. The van der Waals surface area contributed by atoms with Crippen LogP contribution in [0.25, 0.3) is 0 Å². The van der Waals surface area contributed by atoms with Gasteiger partial charge in [0.05, 0.1) is 12.2 Å². The van der Waals surface area contributed by atoms with Gasteiger partial charge in [0, 0.05) is 6.54 Å². The minimum absolute atomic E-state index is 0.251. The molecule has 4 heteroatoms. The van der Waals surface area contributed by atoms with Crippen molar-refractivity contribution in [2.24, 2.45) is 5.92 Å². The smallest absolute Gasteiger partial charge is 0.117 e. The highest BCUT2D eigenvalue weighted by Gasteiger charge is 2.26. The van der Waals surface area contributed by atoms with Gasteiger partial charge in [0.1, 0.15) is 6.67 Å². The van der Waals surface area contributed by atoms with Crippen LogP contribution in [0.4, 0.5) is 4.39 Å². The molecule has 19 heavy (non-hydrogen) atoms. The van der Waals surface area contributed by atoms with E-state index in [0.717, 1.165) is 31.5 Å². The average Bonchev–Trinajstić information content (AvgIpc) is 2.48. The topological polar surface area (TPSA) is 43.7 Å². The molecule has 2 atom stereocenters. The maximum absolute atomic E-state index is 12.3. The van der Waals surface area contributed by atoms with Crippen LogP contribution in [-0.4, -0.2) is 47.5 Å². The number of aliphatic hydroxyl groups excluding tert-OH is 2. The molecule has 2 N–H and O–H groups in total. The van der Waals surface area contributed by atoms with E-state index in [0.29, 0.717) is 6.54 Å². The number of piperidine rings is 1. The molecule has 0 amide bonds. The van der Waals surface area contributed by atoms with E-state index in [2.05, 4.69) is 4.90 Å². The van der Waals surface area contributed by atoms with E-state index in [1.54, 1.807) is 0 Å². The van der Waals surface area contributed by atoms with E-state index in [1.807, 2.05) is 30.3 Å². The van der Waals surface area contributed by atoms with Crippen molar-refractivity contribution >= 4 is 0 Å². The van der Waals surface area contributed by atoms with E-state index >= 15 is 0 Å². The third-order valence-electron chi connectivity index (χ3n) is 3.87. The van der Waals surface area contributed by atoms with Gasteiger partial charge in [-0.1, -0.05) is 30.3 Å². The van der Waals surface area contributed by atoms with E-state index < -0.39 is 18.9 Å². The molecule has 1 aliphatic heterocycles. The van der Waals surface area contributed by atoms with Crippen LogP contribution in [-0.2, 0) is 0 Å². The Morgan fingerprint density at radius 3 is 2.37 bits per heavy atom. The normalized spacial score (nSPS) is 21.2. The number of alkyl halides is 1. The van der Waals surface area contributed by atoms with Gasteiger partial charge in [0.2, 0.25) is 0 Å². The van der Waals surface area contributed by atoms with Crippen molar-refractivity contribution in [2.75, 3.05) is 26.3 Å². The zero-order valence-electron chi connectivity index (χ0n) is 11.1. The number of aliphatic hydroxyl groups is 2. The van der Waals surface area contributed by atoms with E-state index in [-0.39, 0.29) is 5.92 Å². The molecule has 1 aromatic carbocycles. The summed E-state index contributed by atoms with van der Waals surface area (Å²) in [7, 11) is 0. The Bertz CT molecular complexity index is 366. The largest absolute Gasteiger partial charge is 0.389 e. The first-order chi connectivity index (χ1) is 9.20. The minimum atomic E-state index is -0.879. The number of benzene rings is 1. The SMILES string of the molecule is OC(CF)CN1CCC(C(O)c2ccccc2)CC1. The van der Waals surface area contributed by atoms with Crippen LogP contribution >= 0.6 is 0 Å². The summed E-state index contributed by atoms with van der Waals surface area (Å²) in [5, 5.41) is 19.6.